The van der Waals surface area contributed by atoms with Gasteiger partial charge in [0.1, 0.15) is 4.90 Å². The van der Waals surface area contributed by atoms with Crippen LogP contribution >= 0.6 is 11.8 Å². The highest BCUT2D eigenvalue weighted by Gasteiger charge is 2.36. The van der Waals surface area contributed by atoms with Crippen LogP contribution in [0.2, 0.25) is 0 Å². The van der Waals surface area contributed by atoms with Crippen LogP contribution in [0.15, 0.2) is 101 Å². The van der Waals surface area contributed by atoms with Crippen LogP contribution < -0.4 is 9.62 Å². The van der Waals surface area contributed by atoms with E-state index in [4.69, 9.17) is 0 Å². The highest BCUT2D eigenvalue weighted by molar-refractivity contribution is 7.99. The number of fused-ring (bicyclic) bond motifs is 3. The second kappa shape index (κ2) is 9.89. The molecule has 5 rings (SSSR count). The quantitative estimate of drug-likeness (QED) is 0.300. The number of carbonyl (C=O) groups is 1. The first-order chi connectivity index (χ1) is 17.0. The predicted octanol–water partition coefficient (Wildman–Crippen LogP) is 4.26. The van der Waals surface area contributed by atoms with Gasteiger partial charge in [-0.3, -0.25) is 9.10 Å². The minimum absolute atomic E-state index is 0.0602. The molecule has 176 valence electrons. The van der Waals surface area contributed by atoms with E-state index in [0.717, 1.165) is 11.1 Å². The standard InChI is InChI=1S/C26H22N4O3S2/c31-24(27-15-19-9-3-1-4-10-19)18-34-26-28-16-23-25(29-26)21-13-7-8-14-22(21)30(35(23,32)33)17-20-11-5-2-6-12-20/h1-14,16H,15,17-18H2,(H,27,31). The molecule has 1 N–H and O–H groups in total. The molecule has 1 aliphatic heterocycles. The number of aromatic nitrogens is 2. The summed E-state index contributed by atoms with van der Waals surface area (Å²) in [6.45, 7) is 0.645. The molecule has 1 amide bonds. The predicted molar refractivity (Wildman–Crippen MR) is 136 cm³/mol. The molecule has 0 bridgehead atoms. The normalized spacial score (nSPS) is 13.5. The zero-order valence-corrected chi connectivity index (χ0v) is 20.3. The van der Waals surface area contributed by atoms with Gasteiger partial charge in [0.2, 0.25) is 5.91 Å². The fourth-order valence-corrected chi connectivity index (χ4v) is 6.05. The maximum Gasteiger partial charge on any atom is 0.268 e. The van der Waals surface area contributed by atoms with Gasteiger partial charge < -0.3 is 5.32 Å². The molecule has 0 saturated heterocycles. The molecule has 3 aromatic carbocycles. The molecule has 0 unspecified atom stereocenters. The van der Waals surface area contributed by atoms with Crippen LogP contribution in [-0.2, 0) is 27.9 Å². The van der Waals surface area contributed by atoms with Crippen molar-refractivity contribution < 1.29 is 13.2 Å². The van der Waals surface area contributed by atoms with Crippen molar-refractivity contribution in [2.45, 2.75) is 23.1 Å². The van der Waals surface area contributed by atoms with Gasteiger partial charge in [0, 0.05) is 12.1 Å². The summed E-state index contributed by atoms with van der Waals surface area (Å²) in [4.78, 5) is 21.2. The molecule has 35 heavy (non-hydrogen) atoms. The molecule has 0 radical (unpaired) electrons. The number of thioether (sulfide) groups is 1. The largest absolute Gasteiger partial charge is 0.351 e. The Morgan fingerprint density at radius 3 is 2.29 bits per heavy atom. The minimum atomic E-state index is -3.86. The van der Waals surface area contributed by atoms with Crippen LogP contribution in [0.4, 0.5) is 5.69 Å². The van der Waals surface area contributed by atoms with Gasteiger partial charge in [0.05, 0.1) is 29.9 Å². The lowest BCUT2D eigenvalue weighted by Gasteiger charge is -2.31. The summed E-state index contributed by atoms with van der Waals surface area (Å²) < 4.78 is 28.5. The first-order valence-corrected chi connectivity index (χ1v) is 13.4. The first-order valence-electron chi connectivity index (χ1n) is 11.0. The van der Waals surface area contributed by atoms with Crippen LogP contribution in [0.1, 0.15) is 11.1 Å². The Labute approximate surface area is 208 Å². The third kappa shape index (κ3) is 4.91. The molecule has 0 aliphatic carbocycles. The molecular formula is C26H22N4O3S2. The Morgan fingerprint density at radius 2 is 1.54 bits per heavy atom. The lowest BCUT2D eigenvalue weighted by molar-refractivity contribution is -0.118. The number of benzene rings is 3. The van der Waals surface area contributed by atoms with E-state index in [9.17, 15) is 13.2 Å². The molecule has 0 atom stereocenters. The first kappa shape index (κ1) is 23.1. The van der Waals surface area contributed by atoms with Crippen LogP contribution in [0.5, 0.6) is 0 Å². The van der Waals surface area contributed by atoms with Gasteiger partial charge in [-0.1, -0.05) is 90.6 Å². The minimum Gasteiger partial charge on any atom is -0.351 e. The van der Waals surface area contributed by atoms with Crippen molar-refractivity contribution in [3.05, 3.63) is 102 Å². The van der Waals surface area contributed by atoms with E-state index in [1.54, 1.807) is 6.07 Å². The monoisotopic (exact) mass is 502 g/mol. The van der Waals surface area contributed by atoms with Crippen molar-refractivity contribution in [2.24, 2.45) is 0 Å². The van der Waals surface area contributed by atoms with Gasteiger partial charge in [-0.05, 0) is 17.2 Å². The number of anilines is 1. The maximum atomic E-state index is 13.5. The smallest absolute Gasteiger partial charge is 0.268 e. The fraction of sp³-hybridized carbons (Fsp3) is 0.115. The summed E-state index contributed by atoms with van der Waals surface area (Å²) in [5, 5.41) is 3.22. The SMILES string of the molecule is O=C(CSc1ncc2c(n1)-c1ccccc1N(Cc1ccccc1)S2(=O)=O)NCc1ccccc1. The summed E-state index contributed by atoms with van der Waals surface area (Å²) in [7, 11) is -3.86. The van der Waals surface area contributed by atoms with E-state index in [1.807, 2.05) is 78.9 Å². The average Bonchev–Trinajstić information content (AvgIpc) is 2.90. The molecule has 0 fully saturated rings. The Kier molecular flexibility index (Phi) is 6.52. The molecule has 4 aromatic rings. The Balaban J connectivity index is 1.37. The number of hydrogen-bond acceptors (Lipinski definition) is 6. The second-order valence-corrected chi connectivity index (χ2v) is 10.7. The summed E-state index contributed by atoms with van der Waals surface area (Å²) in [5.41, 5.74) is 3.53. The zero-order chi connectivity index (χ0) is 24.3. The van der Waals surface area contributed by atoms with Crippen molar-refractivity contribution >= 4 is 33.4 Å². The van der Waals surface area contributed by atoms with E-state index in [-0.39, 0.29) is 23.1 Å². The summed E-state index contributed by atoms with van der Waals surface area (Å²) in [6.07, 6.45) is 1.34. The molecule has 1 aliphatic rings. The van der Waals surface area contributed by atoms with Crippen LogP contribution in [0.25, 0.3) is 11.3 Å². The third-order valence-corrected chi connectivity index (χ3v) is 8.18. The number of para-hydroxylation sites is 1. The molecule has 7 nitrogen and oxygen atoms in total. The number of hydrogen-bond donors (Lipinski definition) is 1. The molecule has 1 aromatic heterocycles. The second-order valence-electron chi connectivity index (χ2n) is 7.93. The maximum absolute atomic E-state index is 13.5. The van der Waals surface area contributed by atoms with E-state index in [2.05, 4.69) is 15.3 Å². The highest BCUT2D eigenvalue weighted by atomic mass is 32.2. The number of amides is 1. The fourth-order valence-electron chi connectivity index (χ4n) is 3.84. The van der Waals surface area contributed by atoms with E-state index < -0.39 is 10.0 Å². The van der Waals surface area contributed by atoms with Crippen LogP contribution in [0, 0.1) is 0 Å². The number of nitrogens with one attached hydrogen (secondary N) is 1. The van der Waals surface area contributed by atoms with Crippen LogP contribution in [0.3, 0.4) is 0 Å². The molecule has 0 saturated carbocycles. The van der Waals surface area contributed by atoms with E-state index in [0.29, 0.717) is 28.6 Å². The van der Waals surface area contributed by atoms with Gasteiger partial charge in [-0.25, -0.2) is 18.4 Å². The van der Waals surface area contributed by atoms with E-state index >= 15 is 0 Å². The van der Waals surface area contributed by atoms with Gasteiger partial charge in [0.15, 0.2) is 5.16 Å². The van der Waals surface area contributed by atoms with Crippen molar-refractivity contribution in [1.82, 2.24) is 15.3 Å². The van der Waals surface area contributed by atoms with Gasteiger partial charge in [0.25, 0.3) is 10.0 Å². The van der Waals surface area contributed by atoms with E-state index in [1.165, 1.54) is 22.3 Å². The molecule has 0 spiro atoms. The summed E-state index contributed by atoms with van der Waals surface area (Å²) >= 11 is 1.17. The summed E-state index contributed by atoms with van der Waals surface area (Å²) in [6, 6.07) is 26.4. The Hall–Kier alpha value is -3.69. The van der Waals surface area contributed by atoms with Crippen molar-refractivity contribution in [3.63, 3.8) is 0 Å². The third-order valence-electron chi connectivity index (χ3n) is 5.56. The van der Waals surface area contributed by atoms with Crippen molar-refractivity contribution in [2.75, 3.05) is 10.1 Å². The van der Waals surface area contributed by atoms with Crippen molar-refractivity contribution in [1.29, 1.82) is 0 Å². The highest BCUT2D eigenvalue weighted by Crippen LogP contribution is 2.42. The van der Waals surface area contributed by atoms with Gasteiger partial charge in [-0.2, -0.15) is 0 Å². The topological polar surface area (TPSA) is 92.3 Å². The van der Waals surface area contributed by atoms with Crippen LogP contribution in [-0.4, -0.2) is 30.0 Å². The molecule has 2 heterocycles. The van der Waals surface area contributed by atoms with Crippen molar-refractivity contribution in [3.8, 4) is 11.3 Å². The summed E-state index contributed by atoms with van der Waals surface area (Å²) in [5.74, 6) is -0.0256. The molecule has 9 heteroatoms. The number of rotatable bonds is 7. The van der Waals surface area contributed by atoms with Gasteiger partial charge >= 0.3 is 0 Å². The lowest BCUT2D eigenvalue weighted by Crippen LogP contribution is -2.34. The number of nitrogens with zero attached hydrogens (tertiary/aromatic N) is 3. The number of carbonyl (C=O) groups excluding carboxylic acids is 1. The Bertz CT molecular complexity index is 1460. The Morgan fingerprint density at radius 1 is 0.886 bits per heavy atom. The zero-order valence-electron chi connectivity index (χ0n) is 18.7. The molecular weight excluding hydrogens is 480 g/mol. The number of sulfonamides is 1. The van der Waals surface area contributed by atoms with Gasteiger partial charge in [-0.15, -0.1) is 0 Å². The lowest BCUT2D eigenvalue weighted by atomic mass is 10.1. The average molecular weight is 503 g/mol.